The zero-order chi connectivity index (χ0) is 13.2. The van der Waals surface area contributed by atoms with Gasteiger partial charge in [-0.05, 0) is 24.3 Å². The van der Waals surface area contributed by atoms with E-state index in [1.165, 1.54) is 0 Å². The Morgan fingerprint density at radius 3 is 2.95 bits per heavy atom. The second-order valence-corrected chi connectivity index (χ2v) is 5.26. The van der Waals surface area contributed by atoms with Crippen LogP contribution >= 0.6 is 15.9 Å². The van der Waals surface area contributed by atoms with E-state index >= 15 is 0 Å². The van der Waals surface area contributed by atoms with Crippen molar-refractivity contribution in [1.82, 2.24) is 0 Å². The normalized spacial score (nSPS) is 16.3. The lowest BCUT2D eigenvalue weighted by atomic mass is 10.1. The smallest absolute Gasteiger partial charge is 0.124 e. The van der Waals surface area contributed by atoms with Crippen molar-refractivity contribution in [1.29, 1.82) is 5.26 Å². The van der Waals surface area contributed by atoms with E-state index in [0.29, 0.717) is 12.2 Å². The molecule has 0 amide bonds. The van der Waals surface area contributed by atoms with Gasteiger partial charge in [-0.25, -0.2) is 0 Å². The number of nitriles is 1. The van der Waals surface area contributed by atoms with Crippen molar-refractivity contribution in [2.24, 2.45) is 0 Å². The Bertz CT molecular complexity index is 663. The zero-order valence-corrected chi connectivity index (χ0v) is 11.6. The maximum absolute atomic E-state index is 9.17. The zero-order valence-electron chi connectivity index (χ0n) is 10.1. The molecule has 0 saturated carbocycles. The van der Waals surface area contributed by atoms with Crippen molar-refractivity contribution in [3.63, 3.8) is 0 Å². The Kier molecular flexibility index (Phi) is 3.14. The van der Waals surface area contributed by atoms with Crippen LogP contribution in [0.2, 0.25) is 0 Å². The van der Waals surface area contributed by atoms with Crippen LogP contribution in [0.4, 0.5) is 5.69 Å². The van der Waals surface area contributed by atoms with E-state index in [9.17, 15) is 0 Å². The Labute approximate surface area is 120 Å². The minimum absolute atomic E-state index is 0.0875. The number of hydrogen-bond acceptors (Lipinski definition) is 3. The quantitative estimate of drug-likeness (QED) is 0.915. The predicted octanol–water partition coefficient (Wildman–Crippen LogP) is 3.87. The summed E-state index contributed by atoms with van der Waals surface area (Å²) in [6, 6.07) is 15.9. The first kappa shape index (κ1) is 12.1. The van der Waals surface area contributed by atoms with E-state index in [4.69, 9.17) is 10.00 Å². The molecule has 0 saturated heterocycles. The molecule has 1 heterocycles. The number of nitrogens with zero attached hydrogens (tertiary/aromatic N) is 1. The van der Waals surface area contributed by atoms with Gasteiger partial charge in [-0.1, -0.05) is 34.1 Å². The highest BCUT2D eigenvalue weighted by atomic mass is 79.9. The van der Waals surface area contributed by atoms with Crippen molar-refractivity contribution in [2.45, 2.75) is 6.04 Å². The number of halogens is 1. The number of ether oxygens (including phenoxy) is 1. The molecular formula is C15H11BrN2O. The van der Waals surface area contributed by atoms with Crippen molar-refractivity contribution < 1.29 is 4.74 Å². The fourth-order valence-electron chi connectivity index (χ4n) is 2.20. The molecule has 1 aliphatic heterocycles. The maximum Gasteiger partial charge on any atom is 0.124 e. The highest BCUT2D eigenvalue weighted by Gasteiger charge is 2.23. The van der Waals surface area contributed by atoms with Gasteiger partial charge in [-0.15, -0.1) is 0 Å². The summed E-state index contributed by atoms with van der Waals surface area (Å²) in [7, 11) is 0. The van der Waals surface area contributed by atoms with Crippen LogP contribution in [0.3, 0.4) is 0 Å². The molecule has 94 valence electrons. The molecule has 0 aliphatic carbocycles. The lowest BCUT2D eigenvalue weighted by Crippen LogP contribution is -2.12. The van der Waals surface area contributed by atoms with Crippen molar-refractivity contribution in [3.8, 4) is 11.8 Å². The van der Waals surface area contributed by atoms with E-state index < -0.39 is 0 Å². The minimum atomic E-state index is 0.0875. The molecule has 2 aromatic carbocycles. The first-order chi connectivity index (χ1) is 9.28. The van der Waals surface area contributed by atoms with Gasteiger partial charge in [0.25, 0.3) is 0 Å². The van der Waals surface area contributed by atoms with Gasteiger partial charge in [-0.3, -0.25) is 0 Å². The average Bonchev–Trinajstić information content (AvgIpc) is 2.84. The first-order valence-electron chi connectivity index (χ1n) is 5.96. The third-order valence-corrected chi connectivity index (χ3v) is 3.62. The van der Waals surface area contributed by atoms with Gasteiger partial charge < -0.3 is 10.1 Å². The van der Waals surface area contributed by atoms with Crippen LogP contribution < -0.4 is 10.1 Å². The summed E-state index contributed by atoms with van der Waals surface area (Å²) < 4.78 is 6.53. The topological polar surface area (TPSA) is 45.0 Å². The molecule has 0 aromatic heterocycles. The van der Waals surface area contributed by atoms with Gasteiger partial charge >= 0.3 is 0 Å². The summed E-state index contributed by atoms with van der Waals surface area (Å²) >= 11 is 3.37. The molecule has 0 spiro atoms. The summed E-state index contributed by atoms with van der Waals surface area (Å²) in [5.41, 5.74) is 2.59. The van der Waals surface area contributed by atoms with Gasteiger partial charge in [0.2, 0.25) is 0 Å². The molecule has 19 heavy (non-hydrogen) atoms. The summed E-state index contributed by atoms with van der Waals surface area (Å²) in [6.45, 7) is 0.584. The van der Waals surface area contributed by atoms with Gasteiger partial charge in [0.1, 0.15) is 18.4 Å². The predicted molar refractivity (Wildman–Crippen MR) is 77.2 cm³/mol. The number of para-hydroxylation sites is 1. The van der Waals surface area contributed by atoms with Crippen molar-refractivity contribution in [2.75, 3.05) is 11.9 Å². The monoisotopic (exact) mass is 314 g/mol. The maximum atomic E-state index is 9.17. The minimum Gasteiger partial charge on any atom is -0.491 e. The van der Waals surface area contributed by atoms with Gasteiger partial charge in [-0.2, -0.15) is 5.26 Å². The van der Waals surface area contributed by atoms with E-state index in [0.717, 1.165) is 21.5 Å². The van der Waals surface area contributed by atoms with Crippen LogP contribution in [0.5, 0.6) is 5.75 Å². The lowest BCUT2D eigenvalue weighted by molar-refractivity contribution is 0.340. The van der Waals surface area contributed by atoms with Crippen LogP contribution in [-0.4, -0.2) is 6.61 Å². The summed E-state index contributed by atoms with van der Waals surface area (Å²) in [5, 5.41) is 12.5. The molecule has 0 radical (unpaired) electrons. The summed E-state index contributed by atoms with van der Waals surface area (Å²) in [6.07, 6.45) is 0. The number of hydrogen-bond donors (Lipinski definition) is 1. The summed E-state index contributed by atoms with van der Waals surface area (Å²) in [5.74, 6) is 0.913. The largest absolute Gasteiger partial charge is 0.491 e. The molecule has 1 N–H and O–H groups in total. The third kappa shape index (κ3) is 2.29. The molecule has 0 bridgehead atoms. The second kappa shape index (κ2) is 4.94. The van der Waals surface area contributed by atoms with Crippen molar-refractivity contribution in [3.05, 3.63) is 58.1 Å². The number of nitrogens with one attached hydrogen (secondary N) is 1. The van der Waals surface area contributed by atoms with Crippen LogP contribution in [0.15, 0.2) is 46.9 Å². The average molecular weight is 315 g/mol. The molecule has 1 atom stereocenters. The van der Waals surface area contributed by atoms with E-state index in [1.54, 1.807) is 0 Å². The highest BCUT2D eigenvalue weighted by Crippen LogP contribution is 2.35. The van der Waals surface area contributed by atoms with Crippen molar-refractivity contribution >= 4 is 21.6 Å². The first-order valence-corrected chi connectivity index (χ1v) is 6.75. The van der Waals surface area contributed by atoms with E-state index in [-0.39, 0.29) is 6.04 Å². The van der Waals surface area contributed by atoms with Crippen LogP contribution in [0.1, 0.15) is 17.2 Å². The Morgan fingerprint density at radius 1 is 1.26 bits per heavy atom. The lowest BCUT2D eigenvalue weighted by Gasteiger charge is -2.14. The number of rotatable bonds is 2. The second-order valence-electron chi connectivity index (χ2n) is 4.35. The number of fused-ring (bicyclic) bond motifs is 1. The SMILES string of the molecule is N#Cc1cc(Br)ccc1NC1COc2ccccc21. The Hall–Kier alpha value is -1.99. The standard InChI is InChI=1S/C15H11BrN2O/c16-11-5-6-13(10(7-11)8-17)18-14-9-19-15-4-2-1-3-12(14)15/h1-7,14,18H,9H2. The van der Waals surface area contributed by atoms with E-state index in [2.05, 4.69) is 27.3 Å². The molecule has 1 unspecified atom stereocenters. The molecule has 4 heteroatoms. The number of anilines is 1. The Balaban J connectivity index is 1.90. The molecule has 0 fully saturated rings. The fourth-order valence-corrected chi connectivity index (χ4v) is 2.57. The molecule has 3 nitrogen and oxygen atoms in total. The molecule has 1 aliphatic rings. The molecule has 2 aromatic rings. The van der Waals surface area contributed by atoms with Crippen LogP contribution in [-0.2, 0) is 0 Å². The molecule has 3 rings (SSSR count). The van der Waals surface area contributed by atoms with Gasteiger partial charge in [0, 0.05) is 10.0 Å². The summed E-state index contributed by atoms with van der Waals surface area (Å²) in [4.78, 5) is 0. The fraction of sp³-hybridized carbons (Fsp3) is 0.133. The van der Waals surface area contributed by atoms with Gasteiger partial charge in [0.15, 0.2) is 0 Å². The molecular weight excluding hydrogens is 304 g/mol. The van der Waals surface area contributed by atoms with Crippen LogP contribution in [0.25, 0.3) is 0 Å². The third-order valence-electron chi connectivity index (χ3n) is 3.13. The highest BCUT2D eigenvalue weighted by molar-refractivity contribution is 9.10. The van der Waals surface area contributed by atoms with E-state index in [1.807, 2.05) is 42.5 Å². The number of benzene rings is 2. The Morgan fingerprint density at radius 2 is 2.11 bits per heavy atom. The van der Waals surface area contributed by atoms with Gasteiger partial charge in [0.05, 0.1) is 17.3 Å². The van der Waals surface area contributed by atoms with Crippen LogP contribution in [0, 0.1) is 11.3 Å².